The smallest absolute Gasteiger partial charge is 0.220 e. The van der Waals surface area contributed by atoms with E-state index in [0.29, 0.717) is 31.0 Å². The van der Waals surface area contributed by atoms with Gasteiger partial charge in [-0.3, -0.25) is 4.79 Å². The second kappa shape index (κ2) is 8.45. The van der Waals surface area contributed by atoms with Gasteiger partial charge < -0.3 is 10.3 Å². The molecule has 1 amide bonds. The van der Waals surface area contributed by atoms with Crippen LogP contribution in [0.2, 0.25) is 5.02 Å². The number of aromatic nitrogens is 5. The highest BCUT2D eigenvalue weighted by molar-refractivity contribution is 6.31. The molecule has 29 heavy (non-hydrogen) atoms. The van der Waals surface area contributed by atoms with Crippen LogP contribution in [0.5, 0.6) is 0 Å². The van der Waals surface area contributed by atoms with Gasteiger partial charge >= 0.3 is 0 Å². The van der Waals surface area contributed by atoms with Crippen LogP contribution in [0.3, 0.4) is 0 Å². The van der Waals surface area contributed by atoms with Gasteiger partial charge in [-0.25, -0.2) is 4.68 Å². The van der Waals surface area contributed by atoms with E-state index in [1.807, 2.05) is 30.3 Å². The van der Waals surface area contributed by atoms with E-state index in [-0.39, 0.29) is 5.91 Å². The normalized spacial score (nSPS) is 11.1. The first-order chi connectivity index (χ1) is 14.1. The summed E-state index contributed by atoms with van der Waals surface area (Å²) in [5, 5.41) is 15.7. The number of hydrogen-bond donors (Lipinski definition) is 2. The Labute approximate surface area is 173 Å². The van der Waals surface area contributed by atoms with Crippen molar-refractivity contribution in [3.8, 4) is 11.3 Å². The zero-order valence-corrected chi connectivity index (χ0v) is 16.8. The Hall–Kier alpha value is -3.19. The molecule has 0 radical (unpaired) electrons. The highest BCUT2D eigenvalue weighted by Gasteiger charge is 2.14. The maximum Gasteiger partial charge on any atom is 0.220 e. The number of halogens is 1. The van der Waals surface area contributed by atoms with Gasteiger partial charge in [-0.1, -0.05) is 41.9 Å². The van der Waals surface area contributed by atoms with Crippen LogP contribution in [-0.4, -0.2) is 31.1 Å². The maximum absolute atomic E-state index is 12.2. The summed E-state index contributed by atoms with van der Waals surface area (Å²) < 4.78 is 1.61. The number of aromatic amines is 1. The molecule has 0 saturated carbocycles. The van der Waals surface area contributed by atoms with Crippen LogP contribution in [0.15, 0.2) is 48.8 Å². The van der Waals surface area contributed by atoms with Gasteiger partial charge in [-0.2, -0.15) is 0 Å². The molecule has 0 unspecified atom stereocenters. The Morgan fingerprint density at radius 2 is 2.07 bits per heavy atom. The highest BCUT2D eigenvalue weighted by atomic mass is 35.5. The summed E-state index contributed by atoms with van der Waals surface area (Å²) in [5.74, 6) is -0.0160. The minimum Gasteiger partial charge on any atom is -0.354 e. The monoisotopic (exact) mass is 408 g/mol. The molecule has 0 atom stereocenters. The number of tetrazole rings is 1. The molecular formula is C21H21ClN6O. The van der Waals surface area contributed by atoms with E-state index in [0.717, 1.165) is 33.3 Å². The van der Waals surface area contributed by atoms with Gasteiger partial charge in [0.25, 0.3) is 0 Å². The van der Waals surface area contributed by atoms with E-state index < -0.39 is 0 Å². The number of fused-ring (bicyclic) bond motifs is 1. The molecule has 7 nitrogen and oxygen atoms in total. The van der Waals surface area contributed by atoms with Gasteiger partial charge in [0.2, 0.25) is 5.91 Å². The number of hydrogen-bond acceptors (Lipinski definition) is 4. The van der Waals surface area contributed by atoms with E-state index in [1.165, 1.54) is 0 Å². The third kappa shape index (κ3) is 4.30. The Bertz CT molecular complexity index is 1120. The zero-order chi connectivity index (χ0) is 20.2. The number of benzene rings is 2. The number of carbonyl (C=O) groups excluding carboxylic acids is 1. The second-order valence-corrected chi connectivity index (χ2v) is 7.37. The molecule has 0 aliphatic rings. The van der Waals surface area contributed by atoms with Crippen molar-refractivity contribution in [3.63, 3.8) is 0 Å². The number of nitrogens with zero attached hydrogens (tertiary/aromatic N) is 4. The van der Waals surface area contributed by atoms with E-state index in [4.69, 9.17) is 11.6 Å². The zero-order valence-electron chi connectivity index (χ0n) is 16.0. The summed E-state index contributed by atoms with van der Waals surface area (Å²) >= 11 is 6.36. The lowest BCUT2D eigenvalue weighted by Crippen LogP contribution is -2.23. The van der Waals surface area contributed by atoms with Crippen LogP contribution in [-0.2, 0) is 17.9 Å². The first-order valence-corrected chi connectivity index (χ1v) is 9.83. The fourth-order valence-electron chi connectivity index (χ4n) is 3.46. The highest BCUT2D eigenvalue weighted by Crippen LogP contribution is 2.33. The van der Waals surface area contributed by atoms with Gasteiger partial charge in [0, 0.05) is 35.6 Å². The predicted octanol–water partition coefficient (Wildman–Crippen LogP) is 3.88. The van der Waals surface area contributed by atoms with E-state index in [1.54, 1.807) is 11.0 Å². The molecule has 2 aromatic carbocycles. The fraction of sp³-hybridized carbons (Fsp3) is 0.238. The molecule has 0 aliphatic carbocycles. The van der Waals surface area contributed by atoms with Crippen molar-refractivity contribution in [1.82, 2.24) is 30.5 Å². The van der Waals surface area contributed by atoms with Crippen molar-refractivity contribution < 1.29 is 4.79 Å². The second-order valence-electron chi connectivity index (χ2n) is 6.93. The molecular weight excluding hydrogens is 388 g/mol. The Kier molecular flexibility index (Phi) is 5.57. The fourth-order valence-corrected chi connectivity index (χ4v) is 3.70. The lowest BCUT2D eigenvalue weighted by atomic mass is 10.1. The van der Waals surface area contributed by atoms with E-state index >= 15 is 0 Å². The van der Waals surface area contributed by atoms with Gasteiger partial charge in [0.1, 0.15) is 6.33 Å². The molecule has 0 bridgehead atoms. The maximum atomic E-state index is 12.2. The minimum atomic E-state index is -0.0160. The summed E-state index contributed by atoms with van der Waals surface area (Å²) in [6.45, 7) is 3.10. The van der Waals surface area contributed by atoms with Crippen LogP contribution in [0.4, 0.5) is 0 Å². The summed E-state index contributed by atoms with van der Waals surface area (Å²) in [6, 6.07) is 14.0. The van der Waals surface area contributed by atoms with Crippen LogP contribution in [0, 0.1) is 6.92 Å². The first kappa shape index (κ1) is 19.1. The molecule has 0 aliphatic heterocycles. The molecule has 0 spiro atoms. The molecule has 0 fully saturated rings. The summed E-state index contributed by atoms with van der Waals surface area (Å²) in [6.07, 6.45) is 2.61. The number of H-pyrrole nitrogens is 1. The first-order valence-electron chi connectivity index (χ1n) is 9.45. The van der Waals surface area contributed by atoms with Crippen molar-refractivity contribution in [2.45, 2.75) is 32.9 Å². The van der Waals surface area contributed by atoms with Crippen LogP contribution >= 0.6 is 11.6 Å². The van der Waals surface area contributed by atoms with Crippen molar-refractivity contribution in [3.05, 3.63) is 64.9 Å². The molecule has 8 heteroatoms. The lowest BCUT2D eigenvalue weighted by molar-refractivity contribution is -0.121. The Morgan fingerprint density at radius 3 is 2.83 bits per heavy atom. The van der Waals surface area contributed by atoms with Crippen molar-refractivity contribution in [1.29, 1.82) is 0 Å². The van der Waals surface area contributed by atoms with Crippen molar-refractivity contribution in [2.75, 3.05) is 0 Å². The minimum absolute atomic E-state index is 0.0160. The van der Waals surface area contributed by atoms with Gasteiger partial charge in [0.05, 0.1) is 5.52 Å². The molecule has 0 saturated heterocycles. The summed E-state index contributed by atoms with van der Waals surface area (Å²) in [7, 11) is 0. The summed E-state index contributed by atoms with van der Waals surface area (Å²) in [4.78, 5) is 15.8. The largest absolute Gasteiger partial charge is 0.354 e. The Balaban J connectivity index is 1.49. The third-order valence-corrected chi connectivity index (χ3v) is 5.15. The summed E-state index contributed by atoms with van der Waals surface area (Å²) in [5.41, 5.74) is 5.29. The number of amides is 1. The van der Waals surface area contributed by atoms with Crippen molar-refractivity contribution in [2.24, 2.45) is 0 Å². The molecule has 2 aromatic heterocycles. The van der Waals surface area contributed by atoms with Crippen LogP contribution in [0.1, 0.15) is 24.0 Å². The third-order valence-electron chi connectivity index (χ3n) is 4.93. The SMILES string of the molecule is Cc1c(-c2ccccc2)[nH]c2c(CNC(=O)CCCn3cnnn3)cc(Cl)cc12. The lowest BCUT2D eigenvalue weighted by Gasteiger charge is -2.08. The van der Waals surface area contributed by atoms with Crippen LogP contribution < -0.4 is 5.32 Å². The average Bonchev–Trinajstić information content (AvgIpc) is 3.35. The molecule has 148 valence electrons. The van der Waals surface area contributed by atoms with Crippen LogP contribution in [0.25, 0.3) is 22.2 Å². The Morgan fingerprint density at radius 1 is 1.24 bits per heavy atom. The van der Waals surface area contributed by atoms with Gasteiger partial charge in [0.15, 0.2) is 0 Å². The number of aryl methyl sites for hydroxylation is 2. The average molecular weight is 409 g/mol. The van der Waals surface area contributed by atoms with Gasteiger partial charge in [-0.15, -0.1) is 5.10 Å². The standard InChI is InChI=1S/C21H21ClN6O/c1-14-18-11-17(22)10-16(21(18)25-20(14)15-6-3-2-4-7-15)12-23-19(29)8-5-9-28-13-24-26-27-28/h2-4,6-7,10-11,13,25H,5,8-9,12H2,1H3,(H,23,29). The number of nitrogens with one attached hydrogen (secondary N) is 2. The molecule has 2 heterocycles. The van der Waals surface area contributed by atoms with Crippen molar-refractivity contribution >= 4 is 28.4 Å². The van der Waals surface area contributed by atoms with E-state index in [2.05, 4.69) is 44.9 Å². The number of rotatable bonds is 7. The predicted molar refractivity (Wildman–Crippen MR) is 112 cm³/mol. The number of carbonyl (C=O) groups is 1. The molecule has 4 rings (SSSR count). The van der Waals surface area contributed by atoms with E-state index in [9.17, 15) is 4.79 Å². The van der Waals surface area contributed by atoms with Gasteiger partial charge in [-0.05, 0) is 52.6 Å². The molecule has 2 N–H and O–H groups in total. The quantitative estimate of drug-likeness (QED) is 0.485. The topological polar surface area (TPSA) is 88.5 Å². The molecule has 4 aromatic rings.